The van der Waals surface area contributed by atoms with Gasteiger partial charge < -0.3 is 0 Å². The monoisotopic (exact) mass is 299 g/mol. The van der Waals surface area contributed by atoms with Crippen LogP contribution >= 0.6 is 0 Å². The highest BCUT2D eigenvalue weighted by Gasteiger charge is 2.19. The number of ketones is 1. The lowest BCUT2D eigenvalue weighted by molar-refractivity contribution is 0.103. The van der Waals surface area contributed by atoms with Gasteiger partial charge in [0.1, 0.15) is 0 Å². The summed E-state index contributed by atoms with van der Waals surface area (Å²) in [5.74, 6) is 0.447. The smallest absolute Gasteiger partial charge is 0.234 e. The van der Waals surface area contributed by atoms with Crippen molar-refractivity contribution in [1.82, 2.24) is 14.5 Å². The molecule has 0 saturated carbocycles. The largest absolute Gasteiger partial charge is 0.287 e. The van der Waals surface area contributed by atoms with Gasteiger partial charge in [-0.25, -0.2) is 9.97 Å². The highest BCUT2D eigenvalue weighted by atomic mass is 16.1. The van der Waals surface area contributed by atoms with E-state index in [1.165, 1.54) is 0 Å². The zero-order chi connectivity index (χ0) is 15.6. The van der Waals surface area contributed by atoms with Gasteiger partial charge in [-0.1, -0.05) is 48.5 Å². The molecule has 23 heavy (non-hydrogen) atoms. The van der Waals surface area contributed by atoms with E-state index < -0.39 is 0 Å². The fraction of sp³-hybridized carbons (Fsp3) is 0. The zero-order valence-electron chi connectivity index (χ0n) is 12.3. The van der Waals surface area contributed by atoms with Crippen LogP contribution in [0.25, 0.3) is 16.9 Å². The minimum absolute atomic E-state index is 0.0470. The topological polar surface area (TPSA) is 47.8 Å². The van der Waals surface area contributed by atoms with Crippen LogP contribution in [0.15, 0.2) is 79.1 Å². The van der Waals surface area contributed by atoms with Crippen molar-refractivity contribution in [2.75, 3.05) is 0 Å². The molecule has 0 aliphatic rings. The molecule has 0 radical (unpaired) electrons. The maximum Gasteiger partial charge on any atom is 0.234 e. The summed E-state index contributed by atoms with van der Waals surface area (Å²) in [4.78, 5) is 21.5. The van der Waals surface area contributed by atoms with Crippen molar-refractivity contribution in [2.24, 2.45) is 0 Å². The van der Waals surface area contributed by atoms with Crippen LogP contribution in [0.5, 0.6) is 0 Å². The Bertz CT molecular complexity index is 975. The van der Waals surface area contributed by atoms with E-state index in [1.807, 2.05) is 65.2 Å². The van der Waals surface area contributed by atoms with Gasteiger partial charge in [-0.2, -0.15) is 0 Å². The Kier molecular flexibility index (Phi) is 3.20. The third-order valence-electron chi connectivity index (χ3n) is 3.73. The van der Waals surface area contributed by atoms with Gasteiger partial charge >= 0.3 is 0 Å². The van der Waals surface area contributed by atoms with E-state index in [2.05, 4.69) is 9.97 Å². The molecule has 0 aliphatic carbocycles. The molecule has 4 nitrogen and oxygen atoms in total. The fourth-order valence-electron chi connectivity index (χ4n) is 2.68. The summed E-state index contributed by atoms with van der Waals surface area (Å²) in [7, 11) is 0. The minimum atomic E-state index is -0.0470. The van der Waals surface area contributed by atoms with Gasteiger partial charge in [-0.3, -0.25) is 9.36 Å². The summed E-state index contributed by atoms with van der Waals surface area (Å²) < 4.78 is 1.81. The molecule has 0 N–H and O–H groups in total. The molecule has 4 heteroatoms. The van der Waals surface area contributed by atoms with Crippen LogP contribution in [0.1, 0.15) is 16.1 Å². The minimum Gasteiger partial charge on any atom is -0.287 e. The number of aromatic nitrogens is 3. The lowest BCUT2D eigenvalue weighted by atomic mass is 10.1. The fourth-order valence-corrected chi connectivity index (χ4v) is 2.68. The van der Waals surface area contributed by atoms with Crippen LogP contribution in [0.4, 0.5) is 0 Å². The number of carbonyl (C=O) groups excluding carboxylic acids is 1. The van der Waals surface area contributed by atoms with Crippen molar-refractivity contribution in [3.05, 3.63) is 90.4 Å². The summed E-state index contributed by atoms with van der Waals surface area (Å²) in [6.07, 6.45) is 3.35. The quantitative estimate of drug-likeness (QED) is 0.542. The third kappa shape index (κ3) is 2.30. The summed E-state index contributed by atoms with van der Waals surface area (Å²) in [5.41, 5.74) is 2.12. The summed E-state index contributed by atoms with van der Waals surface area (Å²) >= 11 is 0. The number of fused-ring (bicyclic) bond motifs is 1. The average Bonchev–Trinajstić information content (AvgIpc) is 3.02. The van der Waals surface area contributed by atoms with Crippen LogP contribution in [0.3, 0.4) is 0 Å². The molecule has 0 spiro atoms. The van der Waals surface area contributed by atoms with E-state index in [0.717, 1.165) is 10.9 Å². The number of benzene rings is 2. The zero-order valence-corrected chi connectivity index (χ0v) is 12.3. The lowest BCUT2D eigenvalue weighted by Crippen LogP contribution is -2.10. The van der Waals surface area contributed by atoms with E-state index in [0.29, 0.717) is 17.2 Å². The van der Waals surface area contributed by atoms with Gasteiger partial charge in [0.05, 0.1) is 11.2 Å². The first kappa shape index (κ1) is 13.4. The number of nitrogens with zero attached hydrogens (tertiary/aromatic N) is 3. The Hall–Kier alpha value is -3.27. The van der Waals surface area contributed by atoms with Crippen molar-refractivity contribution in [3.63, 3.8) is 0 Å². The van der Waals surface area contributed by atoms with E-state index in [4.69, 9.17) is 0 Å². The van der Waals surface area contributed by atoms with E-state index in [-0.39, 0.29) is 5.78 Å². The molecule has 0 saturated heterocycles. The first-order valence-corrected chi connectivity index (χ1v) is 7.32. The molecular weight excluding hydrogens is 286 g/mol. The first-order chi connectivity index (χ1) is 11.3. The molecule has 0 atom stereocenters. The first-order valence-electron chi connectivity index (χ1n) is 7.32. The number of hydrogen-bond donors (Lipinski definition) is 0. The van der Waals surface area contributed by atoms with Gasteiger partial charge in [0.15, 0.2) is 0 Å². The van der Waals surface area contributed by atoms with E-state index in [9.17, 15) is 4.79 Å². The molecule has 0 amide bonds. The van der Waals surface area contributed by atoms with Gasteiger partial charge in [0, 0.05) is 23.3 Å². The van der Waals surface area contributed by atoms with Gasteiger partial charge in [-0.05, 0) is 18.2 Å². The lowest BCUT2D eigenvalue weighted by Gasteiger charge is -2.08. The van der Waals surface area contributed by atoms with Crippen molar-refractivity contribution >= 4 is 16.7 Å². The number of rotatable bonds is 3. The second-order valence-corrected chi connectivity index (χ2v) is 5.17. The Morgan fingerprint density at radius 3 is 2.30 bits per heavy atom. The molecule has 2 aromatic heterocycles. The van der Waals surface area contributed by atoms with Crippen molar-refractivity contribution < 1.29 is 4.79 Å². The highest BCUT2D eigenvalue weighted by molar-refractivity contribution is 6.11. The van der Waals surface area contributed by atoms with Gasteiger partial charge in [0.25, 0.3) is 0 Å². The normalized spacial score (nSPS) is 10.8. The Labute approximate surface area is 133 Å². The molecule has 0 bridgehead atoms. The van der Waals surface area contributed by atoms with Crippen molar-refractivity contribution in [3.8, 4) is 5.95 Å². The van der Waals surface area contributed by atoms with Crippen LogP contribution in [0, 0.1) is 0 Å². The van der Waals surface area contributed by atoms with Crippen molar-refractivity contribution in [1.29, 1.82) is 0 Å². The highest BCUT2D eigenvalue weighted by Crippen LogP contribution is 2.24. The van der Waals surface area contributed by atoms with Crippen LogP contribution in [-0.2, 0) is 0 Å². The maximum atomic E-state index is 12.9. The molecule has 4 aromatic rings. The SMILES string of the molecule is O=C(c1ccccc1)c1cc2ccccc2n1-c1ncccn1. The maximum absolute atomic E-state index is 12.9. The number of carbonyl (C=O) groups is 1. The second kappa shape index (κ2) is 5.50. The number of para-hydroxylation sites is 1. The predicted octanol–water partition coefficient (Wildman–Crippen LogP) is 3.65. The second-order valence-electron chi connectivity index (χ2n) is 5.17. The third-order valence-corrected chi connectivity index (χ3v) is 3.73. The molecule has 110 valence electrons. The Morgan fingerprint density at radius 1 is 0.826 bits per heavy atom. The molecule has 0 unspecified atom stereocenters. The van der Waals surface area contributed by atoms with Crippen molar-refractivity contribution in [2.45, 2.75) is 0 Å². The number of hydrogen-bond acceptors (Lipinski definition) is 3. The Morgan fingerprint density at radius 2 is 1.52 bits per heavy atom. The summed E-state index contributed by atoms with van der Waals surface area (Å²) in [6, 6.07) is 20.7. The summed E-state index contributed by atoms with van der Waals surface area (Å²) in [6.45, 7) is 0. The Balaban J connectivity index is 1.98. The van der Waals surface area contributed by atoms with E-state index >= 15 is 0 Å². The molecule has 2 aromatic carbocycles. The predicted molar refractivity (Wildman–Crippen MR) is 88.7 cm³/mol. The standard InChI is InChI=1S/C19H13N3O/c23-18(14-7-2-1-3-8-14)17-13-15-9-4-5-10-16(15)22(17)19-20-11-6-12-21-19/h1-13H. The van der Waals surface area contributed by atoms with E-state index in [1.54, 1.807) is 18.5 Å². The summed E-state index contributed by atoms with van der Waals surface area (Å²) in [5, 5.41) is 0.985. The molecule has 4 rings (SSSR count). The van der Waals surface area contributed by atoms with Gasteiger partial charge in [0.2, 0.25) is 11.7 Å². The molecule has 0 aliphatic heterocycles. The molecule has 2 heterocycles. The van der Waals surface area contributed by atoms with Crippen LogP contribution in [-0.4, -0.2) is 20.3 Å². The van der Waals surface area contributed by atoms with Gasteiger partial charge in [-0.15, -0.1) is 0 Å². The average molecular weight is 299 g/mol. The molecule has 0 fully saturated rings. The van der Waals surface area contributed by atoms with Crippen LogP contribution in [0.2, 0.25) is 0 Å². The molecular formula is C19H13N3O. The van der Waals surface area contributed by atoms with Crippen LogP contribution < -0.4 is 0 Å².